The van der Waals surface area contributed by atoms with E-state index in [0.29, 0.717) is 31.2 Å². The first-order valence-corrected chi connectivity index (χ1v) is 13.3. The number of primary amides is 1. The van der Waals surface area contributed by atoms with E-state index in [1.807, 2.05) is 26.8 Å². The molecule has 4 rings (SSSR count). The maximum atomic E-state index is 14.1. The summed E-state index contributed by atoms with van der Waals surface area (Å²) in [5.74, 6) is -5.59. The first-order chi connectivity index (χ1) is 18.1. The Labute approximate surface area is 228 Å². The summed E-state index contributed by atoms with van der Waals surface area (Å²) in [6, 6.07) is 1.17. The van der Waals surface area contributed by atoms with Gasteiger partial charge in [-0.3, -0.25) is 19.3 Å². The van der Waals surface area contributed by atoms with E-state index in [0.717, 1.165) is 11.1 Å². The molecule has 1 amide bonds. The van der Waals surface area contributed by atoms with Crippen molar-refractivity contribution < 1.29 is 29.7 Å². The SMILES string of the molecule is C=CCC(C)(N)Cc1cc(C(C)C)c2c(c1O)C(=O)C1=C(O)C3C(=O)C(C(N)=O)=C(O)[C@@H](N(C)C)C3CC1C2. The quantitative estimate of drug-likeness (QED) is 0.261. The third-order valence-electron chi connectivity index (χ3n) is 8.51. The van der Waals surface area contributed by atoms with Crippen LogP contribution in [-0.4, -0.2) is 63.4 Å². The molecule has 0 fully saturated rings. The van der Waals surface area contributed by atoms with Gasteiger partial charge in [0, 0.05) is 11.1 Å². The minimum Gasteiger partial charge on any atom is -0.511 e. The van der Waals surface area contributed by atoms with E-state index in [9.17, 15) is 29.7 Å². The number of nitrogens with zero attached hydrogens (tertiary/aromatic N) is 1. The van der Waals surface area contributed by atoms with Gasteiger partial charge < -0.3 is 26.8 Å². The number of benzene rings is 1. The average Bonchev–Trinajstić information content (AvgIpc) is 2.79. The maximum Gasteiger partial charge on any atom is 0.255 e. The molecule has 9 nitrogen and oxygen atoms in total. The fourth-order valence-corrected chi connectivity index (χ4v) is 6.91. The van der Waals surface area contributed by atoms with Gasteiger partial charge in [-0.2, -0.15) is 0 Å². The molecule has 0 spiro atoms. The highest BCUT2D eigenvalue weighted by atomic mass is 16.3. The Balaban J connectivity index is 1.91. The van der Waals surface area contributed by atoms with Gasteiger partial charge in [0.1, 0.15) is 22.8 Å². The van der Waals surface area contributed by atoms with Crippen LogP contribution in [0.25, 0.3) is 0 Å². The number of rotatable bonds is 7. The van der Waals surface area contributed by atoms with E-state index in [2.05, 4.69) is 6.58 Å². The third-order valence-corrected chi connectivity index (χ3v) is 8.51. The number of fused-ring (bicyclic) bond motifs is 3. The molecule has 0 aromatic heterocycles. The van der Waals surface area contributed by atoms with Crippen molar-refractivity contribution in [1.82, 2.24) is 4.90 Å². The Hall–Kier alpha value is -3.43. The monoisotopic (exact) mass is 537 g/mol. The van der Waals surface area contributed by atoms with Crippen molar-refractivity contribution in [3.63, 3.8) is 0 Å². The number of allylic oxidation sites excluding steroid dienone is 2. The molecule has 1 aromatic rings. The van der Waals surface area contributed by atoms with Crippen molar-refractivity contribution in [2.75, 3.05) is 14.1 Å². The average molecular weight is 538 g/mol. The van der Waals surface area contributed by atoms with Crippen LogP contribution in [0.15, 0.2) is 41.4 Å². The lowest BCUT2D eigenvalue weighted by Gasteiger charge is -2.46. The number of phenolic OH excluding ortho intramolecular Hbond substituents is 1. The van der Waals surface area contributed by atoms with E-state index >= 15 is 0 Å². The second kappa shape index (κ2) is 9.95. The number of nitrogens with two attached hydrogens (primary N) is 2. The maximum absolute atomic E-state index is 14.1. The van der Waals surface area contributed by atoms with Crippen LogP contribution < -0.4 is 11.5 Å². The van der Waals surface area contributed by atoms with Crippen LogP contribution in [0.3, 0.4) is 0 Å². The van der Waals surface area contributed by atoms with E-state index in [-0.39, 0.29) is 22.8 Å². The second-order valence-electron chi connectivity index (χ2n) is 12.1. The van der Waals surface area contributed by atoms with Gasteiger partial charge in [0.05, 0.1) is 17.5 Å². The van der Waals surface area contributed by atoms with Crippen LogP contribution in [0.4, 0.5) is 0 Å². The van der Waals surface area contributed by atoms with Crippen molar-refractivity contribution in [2.45, 2.75) is 64.0 Å². The first kappa shape index (κ1) is 28.6. The van der Waals surface area contributed by atoms with E-state index < -0.39 is 63.9 Å². The normalized spacial score (nSPS) is 26.4. The largest absolute Gasteiger partial charge is 0.511 e. The molecule has 0 saturated heterocycles. The van der Waals surface area contributed by atoms with E-state index in [1.54, 1.807) is 25.1 Å². The highest BCUT2D eigenvalue weighted by Crippen LogP contribution is 2.51. The number of hydrogen-bond donors (Lipinski definition) is 5. The number of hydrogen-bond acceptors (Lipinski definition) is 8. The van der Waals surface area contributed by atoms with Crippen LogP contribution in [-0.2, 0) is 22.4 Å². The summed E-state index contributed by atoms with van der Waals surface area (Å²) >= 11 is 0. The topological polar surface area (TPSA) is 167 Å². The Bertz CT molecular complexity index is 1340. The van der Waals surface area contributed by atoms with Crippen molar-refractivity contribution in [3.05, 3.63) is 63.6 Å². The number of ketones is 2. The molecule has 0 saturated carbocycles. The molecule has 7 N–H and O–H groups in total. The lowest BCUT2D eigenvalue weighted by Crippen LogP contribution is -2.53. The van der Waals surface area contributed by atoms with Gasteiger partial charge in [-0.25, -0.2) is 0 Å². The summed E-state index contributed by atoms with van der Waals surface area (Å²) in [7, 11) is 3.41. The van der Waals surface area contributed by atoms with Crippen molar-refractivity contribution in [1.29, 1.82) is 0 Å². The van der Waals surface area contributed by atoms with E-state index in [1.165, 1.54) is 0 Å². The summed E-state index contributed by atoms with van der Waals surface area (Å²) in [4.78, 5) is 41.3. The molecule has 0 radical (unpaired) electrons. The van der Waals surface area contributed by atoms with Gasteiger partial charge in [-0.15, -0.1) is 6.58 Å². The molecule has 210 valence electrons. The number of phenols is 1. The van der Waals surface area contributed by atoms with Crippen molar-refractivity contribution in [3.8, 4) is 5.75 Å². The fraction of sp³-hybridized carbons (Fsp3) is 0.500. The molecular weight excluding hydrogens is 498 g/mol. The zero-order valence-electron chi connectivity index (χ0n) is 23.2. The van der Waals surface area contributed by atoms with Gasteiger partial charge in [-0.1, -0.05) is 26.0 Å². The second-order valence-corrected chi connectivity index (χ2v) is 12.1. The molecule has 0 aliphatic heterocycles. The molecule has 5 atom stereocenters. The number of Topliss-reactive ketones (excluding diaryl/α,β-unsaturated/α-hetero) is 2. The van der Waals surface area contributed by atoms with Crippen LogP contribution in [0.1, 0.15) is 66.6 Å². The number of aliphatic hydroxyl groups is 2. The molecule has 3 aliphatic carbocycles. The summed E-state index contributed by atoms with van der Waals surface area (Å²) < 4.78 is 0. The molecule has 9 heteroatoms. The lowest BCUT2D eigenvalue weighted by molar-refractivity contribution is -0.127. The predicted octanol–water partition coefficient (Wildman–Crippen LogP) is 2.97. The van der Waals surface area contributed by atoms with Gasteiger partial charge in [0.2, 0.25) is 0 Å². The minimum absolute atomic E-state index is 0.0423. The molecule has 3 aliphatic rings. The Kier molecular flexibility index (Phi) is 7.29. The lowest BCUT2D eigenvalue weighted by atomic mass is 9.60. The summed E-state index contributed by atoms with van der Waals surface area (Å²) in [6.45, 7) is 9.64. The highest BCUT2D eigenvalue weighted by molar-refractivity contribution is 6.22. The molecular formula is C30H39N3O6. The Morgan fingerprint density at radius 3 is 2.41 bits per heavy atom. The van der Waals surface area contributed by atoms with Crippen LogP contribution in [0, 0.1) is 17.8 Å². The predicted molar refractivity (Wildman–Crippen MR) is 147 cm³/mol. The van der Waals surface area contributed by atoms with Crippen LogP contribution >= 0.6 is 0 Å². The third kappa shape index (κ3) is 4.57. The standard InChI is InChI=1S/C30H39N3O6/c1-7-8-30(4,32)12-15-11-16(13(2)3)17-9-14-10-18-21(26(36)19(14)25(35)20(17)24(15)34)27(37)22(29(31)39)28(38)23(18)33(5)6/h7,11,13-14,18,21,23,34,36,38H,1,8-10,12,32H2,2-6H3,(H2,31,39)/t14?,18?,21?,23-,30?/m0/s1. The number of amides is 1. The van der Waals surface area contributed by atoms with Gasteiger partial charge in [0.15, 0.2) is 11.6 Å². The Morgan fingerprint density at radius 1 is 1.23 bits per heavy atom. The smallest absolute Gasteiger partial charge is 0.255 e. The Morgan fingerprint density at radius 2 is 1.87 bits per heavy atom. The van der Waals surface area contributed by atoms with Gasteiger partial charge >= 0.3 is 0 Å². The van der Waals surface area contributed by atoms with Crippen molar-refractivity contribution in [2.24, 2.45) is 29.2 Å². The van der Waals surface area contributed by atoms with Crippen molar-refractivity contribution >= 4 is 17.5 Å². The molecule has 1 aromatic carbocycles. The first-order valence-electron chi connectivity index (χ1n) is 13.3. The van der Waals surface area contributed by atoms with Gasteiger partial charge in [0.25, 0.3) is 5.91 Å². The van der Waals surface area contributed by atoms with E-state index in [4.69, 9.17) is 11.5 Å². The summed E-state index contributed by atoms with van der Waals surface area (Å²) in [5.41, 5.74) is 13.0. The molecule has 0 bridgehead atoms. The zero-order chi connectivity index (χ0) is 29.1. The summed E-state index contributed by atoms with van der Waals surface area (Å²) in [5, 5.41) is 33.8. The van der Waals surface area contributed by atoms with Crippen LogP contribution in [0.5, 0.6) is 5.75 Å². The van der Waals surface area contributed by atoms with Gasteiger partial charge in [-0.05, 0) is 81.1 Å². The molecule has 4 unspecified atom stereocenters. The fourth-order valence-electron chi connectivity index (χ4n) is 6.91. The highest BCUT2D eigenvalue weighted by Gasteiger charge is 2.54. The molecule has 0 heterocycles. The zero-order valence-corrected chi connectivity index (χ0v) is 23.2. The molecule has 39 heavy (non-hydrogen) atoms. The number of aromatic hydroxyl groups is 1. The number of aliphatic hydroxyl groups excluding tert-OH is 2. The van der Waals surface area contributed by atoms with Crippen LogP contribution in [0.2, 0.25) is 0 Å². The minimum atomic E-state index is -1.21. The number of carbonyl (C=O) groups is 3. The summed E-state index contributed by atoms with van der Waals surface area (Å²) in [6.07, 6.45) is 3.21. The number of carbonyl (C=O) groups excluding carboxylic acids is 3. The number of likely N-dealkylation sites (N-methyl/N-ethyl adjacent to an activating group) is 1.